The van der Waals surface area contributed by atoms with E-state index in [9.17, 15) is 0 Å². The van der Waals surface area contributed by atoms with E-state index in [-0.39, 0.29) is 0 Å². The van der Waals surface area contributed by atoms with Gasteiger partial charge in [-0.1, -0.05) is 255 Å². The Morgan fingerprint density at radius 2 is 0.584 bits per heavy atom. The maximum absolute atomic E-state index is 4.04. The number of allylic oxidation sites excluding steroid dienone is 4. The van der Waals surface area contributed by atoms with Gasteiger partial charge in [-0.2, -0.15) is 0 Å². The average molecular weight is 976 g/mol. The quantitative estimate of drug-likeness (QED) is 0.156. The summed E-state index contributed by atoms with van der Waals surface area (Å²) in [6.07, 6.45) is 8.93. The van der Waals surface area contributed by atoms with Crippen molar-refractivity contribution in [2.45, 2.75) is 12.8 Å². The lowest BCUT2D eigenvalue weighted by atomic mass is 9.75. The molecule has 13 aromatic rings. The van der Waals surface area contributed by atoms with Crippen LogP contribution in [0, 0.1) is 0 Å². The second kappa shape index (κ2) is 17.4. The van der Waals surface area contributed by atoms with Crippen LogP contribution in [0.25, 0.3) is 161 Å². The van der Waals surface area contributed by atoms with Crippen LogP contribution >= 0.6 is 0 Å². The van der Waals surface area contributed by atoms with Gasteiger partial charge in [0.05, 0.1) is 0 Å². The topological polar surface area (TPSA) is 15.8 Å². The van der Waals surface area contributed by atoms with Crippen molar-refractivity contribution in [3.05, 3.63) is 273 Å². The van der Waals surface area contributed by atoms with E-state index in [1.807, 2.05) is 0 Å². The van der Waals surface area contributed by atoms with Crippen molar-refractivity contribution in [2.75, 3.05) is 0 Å². The maximum Gasteiger partial charge on any atom is 0.0465 e. The number of hydrogen-bond acceptors (Lipinski definition) is 0. The van der Waals surface area contributed by atoms with Gasteiger partial charge < -0.3 is 4.98 Å². The van der Waals surface area contributed by atoms with E-state index in [2.05, 4.69) is 272 Å². The zero-order valence-electron chi connectivity index (χ0n) is 42.3. The predicted octanol–water partition coefficient (Wildman–Crippen LogP) is 21.2. The van der Waals surface area contributed by atoms with E-state index in [1.165, 1.54) is 155 Å². The van der Waals surface area contributed by atoms with Crippen LogP contribution in [-0.4, -0.2) is 4.98 Å². The van der Waals surface area contributed by atoms with E-state index in [1.54, 1.807) is 0 Å². The highest BCUT2D eigenvalue weighted by molar-refractivity contribution is 6.30. The Balaban J connectivity index is 0.909. The summed E-state index contributed by atoms with van der Waals surface area (Å²) in [7, 11) is 0. The first-order valence-corrected chi connectivity index (χ1v) is 27.1. The summed E-state index contributed by atoms with van der Waals surface area (Å²) in [5, 5.41) is 7.65. The minimum absolute atomic E-state index is 0.979. The highest BCUT2D eigenvalue weighted by Crippen LogP contribution is 2.62. The second-order valence-electron chi connectivity index (χ2n) is 20.8. The summed E-state index contributed by atoms with van der Waals surface area (Å²) in [6, 6.07) is 92.6. The van der Waals surface area contributed by atoms with Crippen molar-refractivity contribution in [1.82, 2.24) is 4.98 Å². The number of aromatic nitrogens is 1. The lowest BCUT2D eigenvalue weighted by Gasteiger charge is -2.27. The molecule has 1 aromatic heterocycles. The molecule has 0 amide bonds. The smallest absolute Gasteiger partial charge is 0.0465 e. The van der Waals surface area contributed by atoms with Gasteiger partial charge in [0.15, 0.2) is 0 Å². The molecule has 0 saturated carbocycles. The Hall–Kier alpha value is -9.82. The van der Waals surface area contributed by atoms with Crippen LogP contribution in [0.1, 0.15) is 18.4 Å². The molecule has 358 valence electrons. The molecule has 0 spiro atoms. The third-order valence-electron chi connectivity index (χ3n) is 16.8. The average Bonchev–Trinajstić information content (AvgIpc) is 4.37. The zero-order valence-corrected chi connectivity index (χ0v) is 42.3. The van der Waals surface area contributed by atoms with Gasteiger partial charge in [-0.3, -0.25) is 0 Å². The highest BCUT2D eigenvalue weighted by atomic mass is 14.7. The molecule has 1 N–H and O–H groups in total. The van der Waals surface area contributed by atoms with E-state index in [4.69, 9.17) is 0 Å². The molecule has 3 aliphatic rings. The molecule has 0 saturated heterocycles. The molecule has 1 nitrogen and oxygen atoms in total. The minimum atomic E-state index is 0.979. The fourth-order valence-corrected chi connectivity index (χ4v) is 13.7. The van der Waals surface area contributed by atoms with Crippen LogP contribution in [0.2, 0.25) is 0 Å². The molecule has 0 fully saturated rings. The summed E-state index contributed by atoms with van der Waals surface area (Å²) >= 11 is 0. The molecule has 16 rings (SSSR count). The number of hydrogen-bond donors (Lipinski definition) is 1. The molecule has 0 bridgehead atoms. The predicted molar refractivity (Wildman–Crippen MR) is 327 cm³/mol. The standard InChI is InChI=1S/C76H49N/c1-7-23-47(24-8-1)65-57-35-19-20-36-58(57)66(48-25-9-2-10-26-48)74-61-43-41-53(55-37-21-39-59(71(55)61)73(65)74)63-45-46-64(77-63)54-42-44-62-72-56(54)38-22-40-60(72)75-69(51-31-15-5-16-32-51)67(49-27-11-3-12-28-49)68(50-29-13-4-14-30-50)70(76(62)75)52-33-17-6-18-34-52/h1-11,13-27,29-46,77H,12,28H2. The number of aromatic amines is 1. The van der Waals surface area contributed by atoms with Crippen LogP contribution in [0.15, 0.2) is 267 Å². The lowest BCUT2D eigenvalue weighted by Crippen LogP contribution is -2.03. The van der Waals surface area contributed by atoms with Gasteiger partial charge in [-0.05, 0) is 169 Å². The summed E-state index contributed by atoms with van der Waals surface area (Å²) in [5.41, 5.74) is 30.3. The van der Waals surface area contributed by atoms with Crippen molar-refractivity contribution in [3.8, 4) is 123 Å². The first kappa shape index (κ1) is 43.6. The first-order chi connectivity index (χ1) is 38.3. The molecular formula is C76H49N. The molecule has 77 heavy (non-hydrogen) atoms. The molecule has 3 aliphatic carbocycles. The summed E-state index contributed by atoms with van der Waals surface area (Å²) < 4.78 is 0. The van der Waals surface area contributed by atoms with E-state index in [0.717, 1.165) is 24.2 Å². The van der Waals surface area contributed by atoms with Crippen molar-refractivity contribution in [2.24, 2.45) is 0 Å². The van der Waals surface area contributed by atoms with Crippen molar-refractivity contribution in [1.29, 1.82) is 0 Å². The largest absolute Gasteiger partial charge is 0.355 e. The maximum atomic E-state index is 4.04. The number of fused-ring (bicyclic) bond motifs is 7. The Labute approximate surface area is 448 Å². The number of rotatable bonds is 8. The SMILES string of the molecule is C1=CCCC(c2c(-c3ccccc3)c(-c3ccccc3)c3c(c2-c2ccccc2)-c2cccc4c(-c5ccc(-c6ccc7c8c(cccc68)-c6c-7c(-c7ccccc7)c7ccccc7c6-c6ccccc6)[nH]5)ccc-3c24)=C1. The number of benzene rings is 12. The summed E-state index contributed by atoms with van der Waals surface area (Å²) in [6.45, 7) is 0. The van der Waals surface area contributed by atoms with E-state index in [0.29, 0.717) is 0 Å². The Morgan fingerprint density at radius 1 is 0.247 bits per heavy atom. The Kier molecular flexibility index (Phi) is 9.84. The van der Waals surface area contributed by atoms with Crippen LogP contribution in [0.4, 0.5) is 0 Å². The van der Waals surface area contributed by atoms with Gasteiger partial charge in [0.2, 0.25) is 0 Å². The minimum Gasteiger partial charge on any atom is -0.355 e. The van der Waals surface area contributed by atoms with Crippen molar-refractivity contribution < 1.29 is 0 Å². The third-order valence-corrected chi connectivity index (χ3v) is 16.8. The third kappa shape index (κ3) is 6.54. The second-order valence-corrected chi connectivity index (χ2v) is 20.8. The molecule has 0 radical (unpaired) electrons. The first-order valence-electron chi connectivity index (χ1n) is 27.1. The number of nitrogens with one attached hydrogen (secondary N) is 1. The van der Waals surface area contributed by atoms with Gasteiger partial charge in [0.25, 0.3) is 0 Å². The van der Waals surface area contributed by atoms with Gasteiger partial charge in [0, 0.05) is 22.5 Å². The van der Waals surface area contributed by atoms with Gasteiger partial charge in [0.1, 0.15) is 0 Å². The van der Waals surface area contributed by atoms with Gasteiger partial charge in [-0.25, -0.2) is 0 Å². The van der Waals surface area contributed by atoms with Crippen LogP contribution < -0.4 is 0 Å². The molecular weight excluding hydrogens is 927 g/mol. The summed E-state index contributed by atoms with van der Waals surface area (Å²) in [5.74, 6) is 0. The lowest BCUT2D eigenvalue weighted by molar-refractivity contribution is 1.05. The highest BCUT2D eigenvalue weighted by Gasteiger charge is 2.36. The summed E-state index contributed by atoms with van der Waals surface area (Å²) in [4.78, 5) is 4.04. The molecule has 1 heterocycles. The van der Waals surface area contributed by atoms with Crippen molar-refractivity contribution in [3.63, 3.8) is 0 Å². The van der Waals surface area contributed by atoms with E-state index < -0.39 is 0 Å². The zero-order chi connectivity index (χ0) is 50.6. The van der Waals surface area contributed by atoms with E-state index >= 15 is 0 Å². The molecule has 1 heteroatoms. The Bertz CT molecular complexity index is 4520. The van der Waals surface area contributed by atoms with Crippen molar-refractivity contribution >= 4 is 37.9 Å². The monoisotopic (exact) mass is 975 g/mol. The van der Waals surface area contributed by atoms with Crippen LogP contribution in [0.5, 0.6) is 0 Å². The van der Waals surface area contributed by atoms with Crippen LogP contribution in [-0.2, 0) is 0 Å². The van der Waals surface area contributed by atoms with Crippen LogP contribution in [0.3, 0.4) is 0 Å². The molecule has 0 atom stereocenters. The fourth-order valence-electron chi connectivity index (χ4n) is 13.7. The fraction of sp³-hybridized carbons (Fsp3) is 0.0263. The molecule has 0 unspecified atom stereocenters. The number of H-pyrrole nitrogens is 1. The van der Waals surface area contributed by atoms with Gasteiger partial charge >= 0.3 is 0 Å². The molecule has 12 aromatic carbocycles. The molecule has 0 aliphatic heterocycles. The normalized spacial score (nSPS) is 12.9. The van der Waals surface area contributed by atoms with Gasteiger partial charge in [-0.15, -0.1) is 0 Å². The Morgan fingerprint density at radius 3 is 1.00 bits per heavy atom.